The minimum Gasteiger partial charge on any atom is -0.345 e. The number of sulfonamides is 1. The maximum Gasteiger partial charge on any atom is 0.261 e. The van der Waals surface area contributed by atoms with Crippen LogP contribution in [0.5, 0.6) is 0 Å². The Hall–Kier alpha value is -2.34. The predicted molar refractivity (Wildman–Crippen MR) is 86.4 cm³/mol. The van der Waals surface area contributed by atoms with Gasteiger partial charge in [-0.3, -0.25) is 9.52 Å². The summed E-state index contributed by atoms with van der Waals surface area (Å²) in [7, 11) is -0.490. The molecule has 5 nitrogen and oxygen atoms in total. The first-order chi connectivity index (χ1) is 10.3. The van der Waals surface area contributed by atoms with Gasteiger partial charge in [0.15, 0.2) is 0 Å². The summed E-state index contributed by atoms with van der Waals surface area (Å²) in [6.45, 7) is 1.93. The summed E-state index contributed by atoms with van der Waals surface area (Å²) in [5, 5.41) is 0. The number of rotatable bonds is 4. The molecule has 1 N–H and O–H groups in total. The average Bonchev–Trinajstić information content (AvgIpc) is 2.48. The number of benzene rings is 2. The fourth-order valence-electron chi connectivity index (χ4n) is 1.89. The van der Waals surface area contributed by atoms with E-state index in [1.54, 1.807) is 38.4 Å². The van der Waals surface area contributed by atoms with Crippen LogP contribution in [0.4, 0.5) is 5.69 Å². The molecule has 22 heavy (non-hydrogen) atoms. The zero-order valence-electron chi connectivity index (χ0n) is 12.7. The Bertz CT molecular complexity index is 781. The molecule has 0 aliphatic carbocycles. The summed E-state index contributed by atoms with van der Waals surface area (Å²) in [6, 6.07) is 13.0. The minimum atomic E-state index is -3.73. The first kappa shape index (κ1) is 16.0. The quantitative estimate of drug-likeness (QED) is 0.942. The number of anilines is 1. The van der Waals surface area contributed by atoms with Gasteiger partial charge in [0.05, 0.1) is 4.90 Å². The lowest BCUT2D eigenvalue weighted by atomic mass is 10.2. The summed E-state index contributed by atoms with van der Waals surface area (Å²) in [5.41, 5.74) is 1.85. The molecule has 0 aliphatic rings. The number of hydrogen-bond acceptors (Lipinski definition) is 3. The molecule has 0 aromatic heterocycles. The molecule has 0 bridgehead atoms. The number of carbonyl (C=O) groups excluding carboxylic acids is 1. The third kappa shape index (κ3) is 3.65. The van der Waals surface area contributed by atoms with E-state index in [0.29, 0.717) is 11.3 Å². The lowest BCUT2D eigenvalue weighted by Gasteiger charge is -2.12. The van der Waals surface area contributed by atoms with Crippen molar-refractivity contribution in [2.45, 2.75) is 11.8 Å². The van der Waals surface area contributed by atoms with Gasteiger partial charge in [-0.25, -0.2) is 8.42 Å². The van der Waals surface area contributed by atoms with Crippen molar-refractivity contribution >= 4 is 21.6 Å². The van der Waals surface area contributed by atoms with Gasteiger partial charge in [-0.2, -0.15) is 0 Å². The van der Waals surface area contributed by atoms with Gasteiger partial charge in [-0.15, -0.1) is 0 Å². The van der Waals surface area contributed by atoms with E-state index in [0.717, 1.165) is 5.56 Å². The second kappa shape index (κ2) is 6.19. The molecule has 116 valence electrons. The molecule has 0 heterocycles. The number of aryl methyl sites for hydroxylation is 1. The summed E-state index contributed by atoms with van der Waals surface area (Å²) >= 11 is 0. The maximum absolute atomic E-state index is 12.4. The zero-order valence-corrected chi connectivity index (χ0v) is 13.5. The molecule has 0 saturated heterocycles. The number of nitrogens with one attached hydrogen (secondary N) is 1. The molecule has 6 heteroatoms. The average molecular weight is 318 g/mol. The van der Waals surface area contributed by atoms with E-state index >= 15 is 0 Å². The summed E-state index contributed by atoms with van der Waals surface area (Å²) < 4.78 is 27.3. The topological polar surface area (TPSA) is 66.5 Å². The van der Waals surface area contributed by atoms with Crippen molar-refractivity contribution in [3.63, 3.8) is 0 Å². The molecule has 0 aliphatic heterocycles. The van der Waals surface area contributed by atoms with E-state index < -0.39 is 10.0 Å². The normalized spacial score (nSPS) is 11.0. The molecule has 2 aromatic rings. The van der Waals surface area contributed by atoms with Crippen LogP contribution in [0, 0.1) is 6.92 Å². The third-order valence-electron chi connectivity index (χ3n) is 3.10. The van der Waals surface area contributed by atoms with Gasteiger partial charge < -0.3 is 4.90 Å². The molecule has 2 aromatic carbocycles. The van der Waals surface area contributed by atoms with E-state index in [2.05, 4.69) is 4.72 Å². The van der Waals surface area contributed by atoms with Gasteiger partial charge in [0.25, 0.3) is 15.9 Å². The van der Waals surface area contributed by atoms with E-state index in [1.165, 1.54) is 17.0 Å². The highest BCUT2D eigenvalue weighted by Gasteiger charge is 2.17. The van der Waals surface area contributed by atoms with Gasteiger partial charge >= 0.3 is 0 Å². The Kier molecular flexibility index (Phi) is 4.51. The van der Waals surface area contributed by atoms with Crippen molar-refractivity contribution in [3.8, 4) is 0 Å². The SMILES string of the molecule is Cc1ccc(NS(=O)(=O)c2cccc(C(=O)N(C)C)c2)cc1. The Balaban J connectivity index is 2.31. The lowest BCUT2D eigenvalue weighted by molar-refractivity contribution is 0.0827. The third-order valence-corrected chi connectivity index (χ3v) is 4.48. The van der Waals surface area contributed by atoms with Crippen molar-refractivity contribution in [2.75, 3.05) is 18.8 Å². The highest BCUT2D eigenvalue weighted by molar-refractivity contribution is 7.92. The van der Waals surface area contributed by atoms with Gasteiger partial charge in [0, 0.05) is 25.3 Å². The molecule has 0 radical (unpaired) electrons. The smallest absolute Gasteiger partial charge is 0.261 e. The first-order valence-electron chi connectivity index (χ1n) is 6.71. The largest absolute Gasteiger partial charge is 0.345 e. The molecule has 0 unspecified atom stereocenters. The summed E-state index contributed by atoms with van der Waals surface area (Å²) in [6.07, 6.45) is 0. The Morgan fingerprint density at radius 1 is 1.05 bits per heavy atom. The van der Waals surface area contributed by atoms with E-state index in [-0.39, 0.29) is 10.8 Å². The molecule has 0 atom stereocenters. The predicted octanol–water partition coefficient (Wildman–Crippen LogP) is 2.50. The van der Waals surface area contributed by atoms with Crippen molar-refractivity contribution in [2.24, 2.45) is 0 Å². The highest BCUT2D eigenvalue weighted by atomic mass is 32.2. The van der Waals surface area contributed by atoms with Crippen molar-refractivity contribution < 1.29 is 13.2 Å². The molecule has 0 saturated carbocycles. The van der Waals surface area contributed by atoms with Crippen LogP contribution in [0.1, 0.15) is 15.9 Å². The Morgan fingerprint density at radius 3 is 2.27 bits per heavy atom. The molecular weight excluding hydrogens is 300 g/mol. The van der Waals surface area contributed by atoms with Crippen LogP contribution in [0.15, 0.2) is 53.4 Å². The summed E-state index contributed by atoms with van der Waals surface area (Å²) in [5.74, 6) is -0.243. The minimum absolute atomic E-state index is 0.0563. The van der Waals surface area contributed by atoms with Gasteiger partial charge in [-0.05, 0) is 37.3 Å². The van der Waals surface area contributed by atoms with Crippen LogP contribution in [0.2, 0.25) is 0 Å². The molecule has 1 amide bonds. The zero-order chi connectivity index (χ0) is 16.3. The van der Waals surface area contributed by atoms with Crippen molar-refractivity contribution in [1.82, 2.24) is 4.90 Å². The second-order valence-corrected chi connectivity index (χ2v) is 6.88. The number of hydrogen-bond donors (Lipinski definition) is 1. The fourth-order valence-corrected chi connectivity index (χ4v) is 2.99. The van der Waals surface area contributed by atoms with Gasteiger partial charge in [0.2, 0.25) is 0 Å². The first-order valence-corrected chi connectivity index (χ1v) is 8.19. The number of amides is 1. The Labute approximate surface area is 130 Å². The van der Waals surface area contributed by atoms with Crippen LogP contribution < -0.4 is 4.72 Å². The van der Waals surface area contributed by atoms with E-state index in [9.17, 15) is 13.2 Å². The van der Waals surface area contributed by atoms with Crippen LogP contribution in [0.3, 0.4) is 0 Å². The maximum atomic E-state index is 12.4. The van der Waals surface area contributed by atoms with Crippen LogP contribution in [-0.2, 0) is 10.0 Å². The standard InChI is InChI=1S/C16H18N2O3S/c1-12-7-9-14(10-8-12)17-22(20,21)15-6-4-5-13(11-15)16(19)18(2)3/h4-11,17H,1-3H3. The number of nitrogens with zero attached hydrogens (tertiary/aromatic N) is 1. The Morgan fingerprint density at radius 2 is 1.68 bits per heavy atom. The molecular formula is C16H18N2O3S. The van der Waals surface area contributed by atoms with Crippen molar-refractivity contribution in [1.29, 1.82) is 0 Å². The molecule has 2 rings (SSSR count). The van der Waals surface area contributed by atoms with Crippen LogP contribution >= 0.6 is 0 Å². The van der Waals surface area contributed by atoms with E-state index in [1.807, 2.05) is 19.1 Å². The van der Waals surface area contributed by atoms with Gasteiger partial charge in [0.1, 0.15) is 0 Å². The van der Waals surface area contributed by atoms with Crippen LogP contribution in [0.25, 0.3) is 0 Å². The molecule has 0 spiro atoms. The highest BCUT2D eigenvalue weighted by Crippen LogP contribution is 2.18. The molecule has 0 fully saturated rings. The second-order valence-electron chi connectivity index (χ2n) is 5.20. The monoisotopic (exact) mass is 318 g/mol. The van der Waals surface area contributed by atoms with Crippen LogP contribution in [-0.4, -0.2) is 33.3 Å². The van der Waals surface area contributed by atoms with Crippen molar-refractivity contribution in [3.05, 3.63) is 59.7 Å². The summed E-state index contributed by atoms with van der Waals surface area (Å²) in [4.78, 5) is 13.4. The number of carbonyl (C=O) groups is 1. The fraction of sp³-hybridized carbons (Fsp3) is 0.188. The van der Waals surface area contributed by atoms with Gasteiger partial charge in [-0.1, -0.05) is 23.8 Å². The lowest BCUT2D eigenvalue weighted by Crippen LogP contribution is -2.22. The van der Waals surface area contributed by atoms with E-state index in [4.69, 9.17) is 0 Å².